The zero-order valence-corrected chi connectivity index (χ0v) is 13.7. The summed E-state index contributed by atoms with van der Waals surface area (Å²) in [5.74, 6) is -0.745. The van der Waals surface area contributed by atoms with E-state index in [1.54, 1.807) is 12.1 Å². The molecule has 0 saturated carbocycles. The van der Waals surface area contributed by atoms with Gasteiger partial charge in [-0.05, 0) is 35.7 Å². The molecule has 0 saturated heterocycles. The third kappa shape index (κ3) is 4.55. The van der Waals surface area contributed by atoms with E-state index in [-0.39, 0.29) is 0 Å². The molecule has 0 N–H and O–H groups in total. The first kappa shape index (κ1) is 17.0. The number of benzene rings is 2. The van der Waals surface area contributed by atoms with E-state index >= 15 is 0 Å². The van der Waals surface area contributed by atoms with Crippen molar-refractivity contribution in [2.24, 2.45) is 5.92 Å². The van der Waals surface area contributed by atoms with Crippen molar-refractivity contribution < 1.29 is 19.1 Å². The summed E-state index contributed by atoms with van der Waals surface area (Å²) in [5.41, 5.74) is 0.422. The van der Waals surface area contributed by atoms with Gasteiger partial charge in [-0.3, -0.25) is 0 Å². The molecule has 0 spiro atoms. The Morgan fingerprint density at radius 2 is 1.74 bits per heavy atom. The number of carbonyl (C=O) groups excluding carboxylic acids is 2. The summed E-state index contributed by atoms with van der Waals surface area (Å²) in [7, 11) is 0. The molecule has 0 heterocycles. The topological polar surface area (TPSA) is 52.6 Å². The highest BCUT2D eigenvalue weighted by atomic mass is 16.6. The number of ether oxygens (including phenoxy) is 2. The lowest BCUT2D eigenvalue weighted by molar-refractivity contribution is -0.154. The van der Waals surface area contributed by atoms with Crippen molar-refractivity contribution in [3.8, 4) is 0 Å². The van der Waals surface area contributed by atoms with Crippen LogP contribution in [-0.2, 0) is 14.3 Å². The van der Waals surface area contributed by atoms with Gasteiger partial charge in [-0.2, -0.15) is 0 Å². The third-order valence-electron chi connectivity index (χ3n) is 3.81. The molecule has 2 atom stereocenters. The minimum atomic E-state index is -0.918. The maximum atomic E-state index is 12.2. The number of rotatable bonds is 6. The molecule has 0 fully saturated rings. The molecule has 122 valence electrons. The molecule has 0 bridgehead atoms. The monoisotopic (exact) mass is 314 g/mol. The Balaban J connectivity index is 1.98. The first-order valence-electron chi connectivity index (χ1n) is 7.87. The average molecular weight is 314 g/mol. The van der Waals surface area contributed by atoms with Gasteiger partial charge in [-0.25, -0.2) is 9.59 Å². The lowest BCUT2D eigenvalue weighted by Gasteiger charge is -2.15. The van der Waals surface area contributed by atoms with E-state index in [1.165, 1.54) is 6.92 Å². The molecule has 2 aromatic rings. The zero-order valence-electron chi connectivity index (χ0n) is 13.7. The van der Waals surface area contributed by atoms with Crippen LogP contribution in [0.25, 0.3) is 10.8 Å². The molecule has 4 heteroatoms. The molecule has 4 nitrogen and oxygen atoms in total. The summed E-state index contributed by atoms with van der Waals surface area (Å²) >= 11 is 0. The first-order valence-corrected chi connectivity index (χ1v) is 7.87. The largest absolute Gasteiger partial charge is 0.463 e. The fourth-order valence-corrected chi connectivity index (χ4v) is 2.05. The van der Waals surface area contributed by atoms with Gasteiger partial charge in [0.25, 0.3) is 0 Å². The number of carbonyl (C=O) groups is 2. The smallest absolute Gasteiger partial charge is 0.347 e. The van der Waals surface area contributed by atoms with E-state index in [1.807, 2.05) is 44.2 Å². The van der Waals surface area contributed by atoms with Gasteiger partial charge in [0.05, 0.1) is 12.2 Å². The van der Waals surface area contributed by atoms with Crippen LogP contribution >= 0.6 is 0 Å². The zero-order chi connectivity index (χ0) is 16.8. The quantitative estimate of drug-likeness (QED) is 0.757. The maximum Gasteiger partial charge on any atom is 0.347 e. The van der Waals surface area contributed by atoms with Gasteiger partial charge in [0.15, 0.2) is 6.10 Å². The number of hydrogen-bond donors (Lipinski definition) is 0. The van der Waals surface area contributed by atoms with Crippen LogP contribution in [0.2, 0.25) is 0 Å². The van der Waals surface area contributed by atoms with Crippen molar-refractivity contribution in [2.75, 3.05) is 6.61 Å². The van der Waals surface area contributed by atoms with Crippen LogP contribution in [0.15, 0.2) is 42.5 Å². The molecule has 2 aromatic carbocycles. The van der Waals surface area contributed by atoms with Gasteiger partial charge in [0.1, 0.15) is 0 Å². The summed E-state index contributed by atoms with van der Waals surface area (Å²) in [6.07, 6.45) is 0.0106. The van der Waals surface area contributed by atoms with Gasteiger partial charge in [0.2, 0.25) is 0 Å². The van der Waals surface area contributed by atoms with Crippen LogP contribution < -0.4 is 0 Å². The van der Waals surface area contributed by atoms with Crippen molar-refractivity contribution in [3.63, 3.8) is 0 Å². The van der Waals surface area contributed by atoms with E-state index in [9.17, 15) is 9.59 Å². The second-order valence-corrected chi connectivity index (χ2v) is 5.75. The Morgan fingerprint density at radius 3 is 2.43 bits per heavy atom. The highest BCUT2D eigenvalue weighted by Crippen LogP contribution is 2.17. The van der Waals surface area contributed by atoms with Crippen LogP contribution in [0.5, 0.6) is 0 Å². The molecule has 0 aromatic heterocycles. The Morgan fingerprint density at radius 1 is 1.04 bits per heavy atom. The van der Waals surface area contributed by atoms with Crippen LogP contribution in [0.1, 0.15) is 37.6 Å². The first-order chi connectivity index (χ1) is 11.0. The summed E-state index contributed by atoms with van der Waals surface area (Å²) < 4.78 is 10.3. The second-order valence-electron chi connectivity index (χ2n) is 5.75. The molecule has 0 unspecified atom stereocenters. The van der Waals surface area contributed by atoms with Crippen LogP contribution in [0.3, 0.4) is 0 Å². The predicted octanol–water partition coefficient (Wildman–Crippen LogP) is 3.97. The molecule has 0 aliphatic heterocycles. The summed E-state index contributed by atoms with van der Waals surface area (Å²) in [5, 5.41) is 2.00. The van der Waals surface area contributed by atoms with Crippen molar-refractivity contribution in [3.05, 3.63) is 48.0 Å². The SMILES string of the molecule is CC[C@H](C)COC(=O)[C@H](C)OC(=O)c1ccc2ccccc2c1. The lowest BCUT2D eigenvalue weighted by Crippen LogP contribution is -2.27. The molecular weight excluding hydrogens is 292 g/mol. The molecule has 23 heavy (non-hydrogen) atoms. The Kier molecular flexibility index (Phi) is 5.74. The van der Waals surface area contributed by atoms with Gasteiger partial charge in [-0.1, -0.05) is 50.6 Å². The Labute approximate surface area is 136 Å². The predicted molar refractivity (Wildman–Crippen MR) is 89.2 cm³/mol. The lowest BCUT2D eigenvalue weighted by atomic mass is 10.1. The van der Waals surface area contributed by atoms with E-state index in [0.717, 1.165) is 17.2 Å². The number of fused-ring (bicyclic) bond motifs is 1. The fraction of sp³-hybridized carbons (Fsp3) is 0.368. The van der Waals surface area contributed by atoms with Crippen LogP contribution in [0, 0.1) is 5.92 Å². The average Bonchev–Trinajstić information content (AvgIpc) is 2.58. The molecular formula is C19H22O4. The number of hydrogen-bond acceptors (Lipinski definition) is 4. The minimum Gasteiger partial charge on any atom is -0.463 e. The normalized spacial score (nSPS) is 13.3. The molecule has 0 radical (unpaired) electrons. The van der Waals surface area contributed by atoms with Gasteiger partial charge in [-0.15, -0.1) is 0 Å². The third-order valence-corrected chi connectivity index (χ3v) is 3.81. The highest BCUT2D eigenvalue weighted by molar-refractivity contribution is 5.96. The molecule has 0 amide bonds. The van der Waals surface area contributed by atoms with E-state index in [4.69, 9.17) is 9.47 Å². The summed E-state index contributed by atoms with van der Waals surface area (Å²) in [4.78, 5) is 24.0. The van der Waals surface area contributed by atoms with E-state index < -0.39 is 18.0 Å². The number of esters is 2. The molecule has 0 aliphatic carbocycles. The van der Waals surface area contributed by atoms with Crippen molar-refractivity contribution in [1.29, 1.82) is 0 Å². The standard InChI is InChI=1S/C19H22O4/c1-4-13(2)12-22-18(20)14(3)23-19(21)17-10-9-15-7-5-6-8-16(15)11-17/h5-11,13-14H,4,12H2,1-3H3/t13-,14-/m0/s1. The Hall–Kier alpha value is -2.36. The summed E-state index contributed by atoms with van der Waals surface area (Å²) in [6, 6.07) is 13.1. The van der Waals surface area contributed by atoms with E-state index in [0.29, 0.717) is 18.1 Å². The highest BCUT2D eigenvalue weighted by Gasteiger charge is 2.21. The fourth-order valence-electron chi connectivity index (χ4n) is 2.05. The summed E-state index contributed by atoms with van der Waals surface area (Å²) in [6.45, 7) is 5.89. The second kappa shape index (κ2) is 7.77. The van der Waals surface area contributed by atoms with Gasteiger partial charge in [0, 0.05) is 0 Å². The van der Waals surface area contributed by atoms with Crippen LogP contribution in [-0.4, -0.2) is 24.6 Å². The van der Waals surface area contributed by atoms with Gasteiger partial charge < -0.3 is 9.47 Å². The van der Waals surface area contributed by atoms with Gasteiger partial charge >= 0.3 is 11.9 Å². The Bertz CT molecular complexity index is 693. The maximum absolute atomic E-state index is 12.2. The minimum absolute atomic E-state index is 0.294. The molecule has 2 rings (SSSR count). The van der Waals surface area contributed by atoms with E-state index in [2.05, 4.69) is 0 Å². The van der Waals surface area contributed by atoms with Crippen molar-refractivity contribution in [2.45, 2.75) is 33.3 Å². The molecule has 0 aliphatic rings. The van der Waals surface area contributed by atoms with Crippen molar-refractivity contribution in [1.82, 2.24) is 0 Å². The van der Waals surface area contributed by atoms with Crippen molar-refractivity contribution >= 4 is 22.7 Å². The van der Waals surface area contributed by atoms with Crippen LogP contribution in [0.4, 0.5) is 0 Å².